The van der Waals surface area contributed by atoms with Crippen molar-refractivity contribution in [2.45, 2.75) is 44.3 Å². The first-order chi connectivity index (χ1) is 12.5. The van der Waals surface area contributed by atoms with E-state index in [1.807, 2.05) is 31.2 Å². The van der Waals surface area contributed by atoms with Gasteiger partial charge in [0.15, 0.2) is 5.69 Å². The molecular formula is C18H27N7O. The minimum atomic E-state index is -0.460. The van der Waals surface area contributed by atoms with E-state index in [1.165, 1.54) is 24.1 Å². The van der Waals surface area contributed by atoms with Crippen LogP contribution in [0.1, 0.15) is 52.5 Å². The van der Waals surface area contributed by atoms with E-state index in [2.05, 4.69) is 20.4 Å². The third kappa shape index (κ3) is 3.52. The first-order valence-corrected chi connectivity index (χ1v) is 9.30. The predicted molar refractivity (Wildman–Crippen MR) is 97.4 cm³/mol. The van der Waals surface area contributed by atoms with Crippen molar-refractivity contribution < 1.29 is 4.79 Å². The molecule has 26 heavy (non-hydrogen) atoms. The normalized spacial score (nSPS) is 20.8. The van der Waals surface area contributed by atoms with Gasteiger partial charge in [-0.25, -0.2) is 0 Å². The van der Waals surface area contributed by atoms with Crippen LogP contribution in [-0.2, 0) is 27.2 Å². The zero-order chi connectivity index (χ0) is 18.3. The second-order valence-electron chi connectivity index (χ2n) is 7.59. The van der Waals surface area contributed by atoms with Crippen molar-refractivity contribution in [1.29, 1.82) is 0 Å². The number of primary amides is 1. The lowest BCUT2D eigenvalue weighted by atomic mass is 10.1. The summed E-state index contributed by atoms with van der Waals surface area (Å²) < 4.78 is 3.66. The average Bonchev–Trinajstić information content (AvgIpc) is 3.06. The van der Waals surface area contributed by atoms with Crippen LogP contribution in [0.5, 0.6) is 0 Å². The molecular weight excluding hydrogens is 330 g/mol. The van der Waals surface area contributed by atoms with E-state index in [1.54, 1.807) is 4.68 Å². The number of carbonyl (C=O) groups is 1. The molecule has 3 N–H and O–H groups in total. The van der Waals surface area contributed by atoms with Crippen LogP contribution < -0.4 is 11.1 Å². The zero-order valence-corrected chi connectivity index (χ0v) is 15.5. The van der Waals surface area contributed by atoms with Gasteiger partial charge in [-0.2, -0.15) is 10.2 Å². The van der Waals surface area contributed by atoms with E-state index in [9.17, 15) is 4.79 Å². The summed E-state index contributed by atoms with van der Waals surface area (Å²) in [6.45, 7) is 3.54. The molecule has 2 aromatic rings. The van der Waals surface area contributed by atoms with Gasteiger partial charge in [0.05, 0.1) is 11.9 Å². The molecule has 140 valence electrons. The smallest absolute Gasteiger partial charge is 0.269 e. The van der Waals surface area contributed by atoms with Crippen molar-refractivity contribution in [3.63, 3.8) is 0 Å². The number of likely N-dealkylation sites (tertiary alicyclic amines) is 1. The lowest BCUT2D eigenvalue weighted by molar-refractivity contribution is 0.0993. The van der Waals surface area contributed by atoms with Gasteiger partial charge in [0.25, 0.3) is 5.91 Å². The number of hydrogen-bond donors (Lipinski definition) is 2. The summed E-state index contributed by atoms with van der Waals surface area (Å²) in [4.78, 5) is 13.9. The second kappa shape index (κ2) is 6.85. The van der Waals surface area contributed by atoms with Gasteiger partial charge in [-0.1, -0.05) is 0 Å². The minimum absolute atomic E-state index is 0.382. The maximum absolute atomic E-state index is 11.5. The van der Waals surface area contributed by atoms with Gasteiger partial charge >= 0.3 is 0 Å². The molecule has 1 unspecified atom stereocenters. The third-order valence-corrected chi connectivity index (χ3v) is 5.47. The summed E-state index contributed by atoms with van der Waals surface area (Å²) >= 11 is 0. The van der Waals surface area contributed by atoms with Crippen LogP contribution in [0.4, 0.5) is 0 Å². The first kappa shape index (κ1) is 17.2. The molecule has 0 spiro atoms. The monoisotopic (exact) mass is 357 g/mol. The second-order valence-corrected chi connectivity index (χ2v) is 7.59. The number of rotatable bonds is 7. The van der Waals surface area contributed by atoms with E-state index >= 15 is 0 Å². The summed E-state index contributed by atoms with van der Waals surface area (Å²) in [5.41, 5.74) is 9.45. The fourth-order valence-electron chi connectivity index (χ4n) is 3.92. The number of nitrogens with zero attached hydrogens (tertiary/aromatic N) is 5. The Labute approximate surface area is 153 Å². The van der Waals surface area contributed by atoms with Crippen molar-refractivity contribution in [3.05, 3.63) is 34.9 Å². The zero-order valence-electron chi connectivity index (χ0n) is 15.5. The maximum Gasteiger partial charge on any atom is 0.269 e. The Morgan fingerprint density at radius 3 is 2.88 bits per heavy atom. The van der Waals surface area contributed by atoms with E-state index in [0.29, 0.717) is 18.3 Å². The molecule has 1 saturated carbocycles. The Morgan fingerprint density at radius 2 is 2.15 bits per heavy atom. The molecule has 4 rings (SSSR count). The molecule has 2 aromatic heterocycles. The maximum atomic E-state index is 11.5. The summed E-state index contributed by atoms with van der Waals surface area (Å²) in [5.74, 6) is 0.261. The van der Waals surface area contributed by atoms with Crippen LogP contribution >= 0.6 is 0 Å². The predicted octanol–water partition coefficient (Wildman–Crippen LogP) is 0.494. The molecule has 0 bridgehead atoms. The molecule has 1 saturated heterocycles. The number of aromatic nitrogens is 4. The minimum Gasteiger partial charge on any atom is -0.364 e. The Balaban J connectivity index is 1.33. The number of hydrogen-bond acceptors (Lipinski definition) is 5. The van der Waals surface area contributed by atoms with Gasteiger partial charge in [0.2, 0.25) is 0 Å². The molecule has 0 radical (unpaired) electrons. The average molecular weight is 357 g/mol. The van der Waals surface area contributed by atoms with Crippen molar-refractivity contribution in [2.75, 3.05) is 13.1 Å². The van der Waals surface area contributed by atoms with Gasteiger partial charge < -0.3 is 11.1 Å². The molecule has 2 aliphatic rings. The Hall–Kier alpha value is -2.19. The van der Waals surface area contributed by atoms with Crippen molar-refractivity contribution in [3.8, 4) is 0 Å². The topological polar surface area (TPSA) is 94.0 Å². The Kier molecular flexibility index (Phi) is 4.54. The molecule has 3 heterocycles. The quantitative estimate of drug-likeness (QED) is 0.752. The highest BCUT2D eigenvalue weighted by molar-refractivity contribution is 5.92. The van der Waals surface area contributed by atoms with Crippen LogP contribution in [0.3, 0.4) is 0 Å². The Bertz CT molecular complexity index is 805. The van der Waals surface area contributed by atoms with Crippen LogP contribution in [0.25, 0.3) is 0 Å². The highest BCUT2D eigenvalue weighted by Gasteiger charge is 2.29. The third-order valence-electron chi connectivity index (χ3n) is 5.47. The number of aryl methyl sites for hydroxylation is 2. The highest BCUT2D eigenvalue weighted by atomic mass is 16.1. The van der Waals surface area contributed by atoms with E-state index in [-0.39, 0.29) is 0 Å². The summed E-state index contributed by atoms with van der Waals surface area (Å²) in [6.07, 6.45) is 7.61. The number of carbonyl (C=O) groups excluding carboxylic acids is 1. The number of nitrogens with two attached hydrogens (primary N) is 1. The van der Waals surface area contributed by atoms with Crippen LogP contribution in [0, 0.1) is 0 Å². The van der Waals surface area contributed by atoms with Gasteiger partial charge in [-0.15, -0.1) is 0 Å². The van der Waals surface area contributed by atoms with E-state index < -0.39 is 5.91 Å². The summed E-state index contributed by atoms with van der Waals surface area (Å²) in [5, 5.41) is 12.3. The van der Waals surface area contributed by atoms with Gasteiger partial charge in [0, 0.05) is 58.1 Å². The van der Waals surface area contributed by atoms with Gasteiger partial charge in [0.1, 0.15) is 0 Å². The van der Waals surface area contributed by atoms with E-state index in [0.717, 1.165) is 37.5 Å². The summed E-state index contributed by atoms with van der Waals surface area (Å²) in [7, 11) is 3.84. The highest BCUT2D eigenvalue weighted by Crippen LogP contribution is 2.41. The Morgan fingerprint density at radius 1 is 1.35 bits per heavy atom. The van der Waals surface area contributed by atoms with Crippen molar-refractivity contribution in [1.82, 2.24) is 29.8 Å². The summed E-state index contributed by atoms with van der Waals surface area (Å²) in [6, 6.07) is 0.450. The standard InChI is InChI=1S/C18H27N7O/c1-23-9-13(17(22-23)18(19)26)10-25-6-5-14(11-25)20-8-16-15(12-3-4-12)7-21-24(16)2/h7,9,12,14,20H,3-6,8,10-11H2,1-2H3,(H2,19,26). The first-order valence-electron chi connectivity index (χ1n) is 9.30. The molecule has 1 aliphatic carbocycles. The fourth-order valence-corrected chi connectivity index (χ4v) is 3.92. The molecule has 8 heteroatoms. The lowest BCUT2D eigenvalue weighted by Crippen LogP contribution is -2.33. The molecule has 1 amide bonds. The van der Waals surface area contributed by atoms with E-state index in [4.69, 9.17) is 5.73 Å². The molecule has 1 aliphatic heterocycles. The largest absolute Gasteiger partial charge is 0.364 e. The van der Waals surface area contributed by atoms with Crippen LogP contribution in [-0.4, -0.2) is 49.5 Å². The van der Waals surface area contributed by atoms with Gasteiger partial charge in [-0.05, 0) is 30.7 Å². The number of nitrogens with one attached hydrogen (secondary N) is 1. The van der Waals surface area contributed by atoms with Crippen molar-refractivity contribution in [2.24, 2.45) is 19.8 Å². The van der Waals surface area contributed by atoms with Crippen LogP contribution in [0.15, 0.2) is 12.4 Å². The number of amides is 1. The molecule has 2 fully saturated rings. The van der Waals surface area contributed by atoms with Crippen molar-refractivity contribution >= 4 is 5.91 Å². The SMILES string of the molecule is Cn1cc(CN2CCC(NCc3c(C4CC4)cnn3C)C2)c(C(N)=O)n1. The van der Waals surface area contributed by atoms with Gasteiger partial charge in [-0.3, -0.25) is 19.1 Å². The molecule has 8 nitrogen and oxygen atoms in total. The molecule has 0 aromatic carbocycles. The lowest BCUT2D eigenvalue weighted by Gasteiger charge is -2.17. The fraction of sp³-hybridized carbons (Fsp3) is 0.611. The van der Waals surface area contributed by atoms with Crippen LogP contribution in [0.2, 0.25) is 0 Å². The molecule has 1 atom stereocenters.